The lowest BCUT2D eigenvalue weighted by Crippen LogP contribution is -2.62. The molecule has 72 heavy (non-hydrogen) atoms. The monoisotopic (exact) mass is 1020 g/mol. The molecular formula is C43H62N10O19. The molecule has 29 heteroatoms. The van der Waals surface area contributed by atoms with E-state index >= 15 is 0 Å². The van der Waals surface area contributed by atoms with E-state index < -0.39 is 162 Å². The Morgan fingerprint density at radius 2 is 1.19 bits per heavy atom. The number of non-ortho nitro benzene ring substituents is 1. The summed E-state index contributed by atoms with van der Waals surface area (Å²) in [6, 6.07) is -6.94. The number of hydrazine groups is 1. The number of rotatable bonds is 26. The number of carbonyl (C=O) groups is 12. The highest BCUT2D eigenvalue weighted by Gasteiger charge is 2.41. The lowest BCUT2D eigenvalue weighted by atomic mass is 9.98. The van der Waals surface area contributed by atoms with E-state index in [0.29, 0.717) is 6.42 Å². The van der Waals surface area contributed by atoms with Gasteiger partial charge in [0.05, 0.1) is 23.9 Å². The normalized spacial score (nSPS) is 16.0. The van der Waals surface area contributed by atoms with Gasteiger partial charge in [0.2, 0.25) is 41.4 Å². The van der Waals surface area contributed by atoms with Gasteiger partial charge in [0.15, 0.2) is 0 Å². The van der Waals surface area contributed by atoms with E-state index in [1.165, 1.54) is 37.8 Å². The molecule has 9 amide bonds. The van der Waals surface area contributed by atoms with Gasteiger partial charge in [-0.05, 0) is 57.1 Å². The summed E-state index contributed by atoms with van der Waals surface area (Å²) in [5.74, 6) is -14.5. The molecule has 0 aromatic heterocycles. The largest absolute Gasteiger partial charge is 0.481 e. The second-order valence-corrected chi connectivity index (χ2v) is 17.2. The third-order valence-corrected chi connectivity index (χ3v) is 10.8. The quantitative estimate of drug-likeness (QED) is 0.0349. The maximum atomic E-state index is 14.1. The third kappa shape index (κ3) is 18.7. The number of nitrogens with zero attached hydrogens (tertiary/aromatic N) is 3. The average molecular weight is 1020 g/mol. The molecule has 0 unspecified atom stereocenters. The smallest absolute Gasteiger partial charge is 0.434 e. The molecule has 2 rings (SSSR count). The Morgan fingerprint density at radius 3 is 1.67 bits per heavy atom. The van der Waals surface area contributed by atoms with Gasteiger partial charge in [-0.3, -0.25) is 68.3 Å². The van der Waals surface area contributed by atoms with Crippen LogP contribution in [0.3, 0.4) is 0 Å². The molecule has 1 heterocycles. The van der Waals surface area contributed by atoms with E-state index in [2.05, 4.69) is 37.3 Å². The van der Waals surface area contributed by atoms with Crippen LogP contribution in [0.2, 0.25) is 0 Å². The minimum absolute atomic E-state index is 0.0565. The molecule has 1 saturated heterocycles. The first-order valence-corrected chi connectivity index (χ1v) is 22.5. The van der Waals surface area contributed by atoms with Crippen LogP contribution < -0.4 is 42.1 Å². The van der Waals surface area contributed by atoms with E-state index in [-0.39, 0.29) is 30.9 Å². The van der Waals surface area contributed by atoms with Crippen molar-refractivity contribution in [2.24, 2.45) is 11.8 Å². The molecule has 0 saturated carbocycles. The SMILES string of the molecule is CCN(NC(=O)[C@H]1CCCN1C(=O)[C@@H](NC(=O)[C@@H](NC(=O)[C@H](CC(=O)O)NC(=O)[C@H](CCC(=O)O)NC(=O)[C@@H](NC(=O)[C@H](CC(=O)O)NC(C)=O)[C@@H](C)O)C(C)C)C(C)C)C(=O)Oc1ccc([N+](=O)[O-])cc1. The number of carbonyl (C=O) groups excluding carboxylic acids is 9. The molecule has 1 aliphatic heterocycles. The van der Waals surface area contributed by atoms with E-state index in [4.69, 9.17) is 4.74 Å². The molecule has 1 aliphatic rings. The molecule has 1 fully saturated rings. The second-order valence-electron chi connectivity index (χ2n) is 17.2. The van der Waals surface area contributed by atoms with Crippen LogP contribution in [0.25, 0.3) is 0 Å². The van der Waals surface area contributed by atoms with Gasteiger partial charge in [-0.15, -0.1) is 0 Å². The van der Waals surface area contributed by atoms with Crippen molar-refractivity contribution in [1.82, 2.24) is 47.2 Å². The zero-order chi connectivity index (χ0) is 54.7. The van der Waals surface area contributed by atoms with Gasteiger partial charge in [-0.1, -0.05) is 27.7 Å². The number of nitrogens with one attached hydrogen (secondary N) is 7. The molecule has 0 radical (unpaired) electrons. The Kier molecular flexibility index (Phi) is 23.4. The maximum absolute atomic E-state index is 14.1. The van der Waals surface area contributed by atoms with Crippen molar-refractivity contribution in [3.05, 3.63) is 34.4 Å². The fraction of sp³-hybridized carbons (Fsp3) is 0.581. The number of aliphatic hydroxyl groups is 1. The van der Waals surface area contributed by atoms with Crippen LogP contribution in [0, 0.1) is 22.0 Å². The molecule has 0 bridgehead atoms. The van der Waals surface area contributed by atoms with Crippen molar-refractivity contribution in [1.29, 1.82) is 0 Å². The molecule has 29 nitrogen and oxygen atoms in total. The third-order valence-electron chi connectivity index (χ3n) is 10.8. The zero-order valence-electron chi connectivity index (χ0n) is 40.5. The topological polar surface area (TPSA) is 429 Å². The number of carboxylic acid groups (broad SMARTS) is 3. The summed E-state index contributed by atoms with van der Waals surface area (Å²) in [6.07, 6.45) is -5.85. The van der Waals surface area contributed by atoms with Gasteiger partial charge < -0.3 is 62.0 Å². The number of aliphatic hydroxyl groups excluding tert-OH is 1. The van der Waals surface area contributed by atoms with Crippen molar-refractivity contribution in [3.8, 4) is 5.75 Å². The van der Waals surface area contributed by atoms with E-state index in [9.17, 15) is 88.1 Å². The van der Waals surface area contributed by atoms with Crippen LogP contribution in [0.1, 0.15) is 87.0 Å². The van der Waals surface area contributed by atoms with Crippen molar-refractivity contribution in [2.45, 2.75) is 135 Å². The lowest BCUT2D eigenvalue weighted by molar-refractivity contribution is -0.384. The number of carboxylic acids is 3. The fourth-order valence-corrected chi connectivity index (χ4v) is 7.02. The number of aliphatic carboxylic acids is 3. The standard InChI is InChI=1S/C43H62N10O19/c1-8-52(43(69)72-25-13-11-24(12-14-25)53(70)71)50-39(65)29-10-9-17-51(29)42(68)34(21(4)5)48-40(66)33(20(2)3)47-38(64)28(19-32(60)61)46-36(62)26(15-16-30(56)57)45-41(67)35(22(6)54)49-37(63)27(18-31(58)59)44-23(7)55/h11-14,20-22,26-29,33-35,54H,8-10,15-19H2,1-7H3,(H,44,55)(H,45,67)(H,46,62)(H,47,64)(H,48,66)(H,49,63)(H,50,65)(H,56,57)(H,58,59)(H,60,61)/t22-,26+,27+,28+,29-,33+,34+,35+/m1/s1. The van der Waals surface area contributed by atoms with E-state index in [1.54, 1.807) is 13.8 Å². The Labute approximate surface area is 411 Å². The van der Waals surface area contributed by atoms with Crippen LogP contribution in [0.5, 0.6) is 5.75 Å². The number of benzene rings is 1. The first kappa shape index (κ1) is 60.1. The number of nitro benzene ring substituents is 1. The number of amides is 9. The first-order valence-electron chi connectivity index (χ1n) is 22.5. The van der Waals surface area contributed by atoms with Crippen molar-refractivity contribution in [2.75, 3.05) is 13.1 Å². The molecule has 11 N–H and O–H groups in total. The van der Waals surface area contributed by atoms with Crippen LogP contribution in [0.4, 0.5) is 10.5 Å². The van der Waals surface area contributed by atoms with Crippen molar-refractivity contribution < 1.29 is 87.6 Å². The summed E-state index contributed by atoms with van der Waals surface area (Å²) < 4.78 is 5.23. The predicted octanol–water partition coefficient (Wildman–Crippen LogP) is -2.13. The highest BCUT2D eigenvalue weighted by atomic mass is 16.6. The van der Waals surface area contributed by atoms with Gasteiger partial charge in [0.1, 0.15) is 48.0 Å². The molecular weight excluding hydrogens is 961 g/mol. The Balaban J connectivity index is 2.29. The van der Waals surface area contributed by atoms with Gasteiger partial charge in [-0.25, -0.2) is 9.80 Å². The zero-order valence-corrected chi connectivity index (χ0v) is 40.5. The summed E-state index contributed by atoms with van der Waals surface area (Å²) in [5.41, 5.74) is 2.16. The van der Waals surface area contributed by atoms with E-state index in [0.717, 1.165) is 31.0 Å². The molecule has 0 spiro atoms. The van der Waals surface area contributed by atoms with Gasteiger partial charge >= 0.3 is 24.0 Å². The van der Waals surface area contributed by atoms with Crippen molar-refractivity contribution in [3.63, 3.8) is 0 Å². The minimum atomic E-state index is -2.00. The van der Waals surface area contributed by atoms with Crippen LogP contribution >= 0.6 is 0 Å². The summed E-state index contributed by atoms with van der Waals surface area (Å²) in [7, 11) is 0. The van der Waals surface area contributed by atoms with Crippen molar-refractivity contribution >= 4 is 76.9 Å². The van der Waals surface area contributed by atoms with Crippen LogP contribution in [0.15, 0.2) is 24.3 Å². The lowest BCUT2D eigenvalue weighted by Gasteiger charge is -2.33. The Morgan fingerprint density at radius 1 is 0.708 bits per heavy atom. The maximum Gasteiger partial charge on any atom is 0.434 e. The van der Waals surface area contributed by atoms with Crippen LogP contribution in [-0.2, 0) is 52.7 Å². The summed E-state index contributed by atoms with van der Waals surface area (Å²) >= 11 is 0. The molecule has 1 aromatic carbocycles. The predicted molar refractivity (Wildman–Crippen MR) is 244 cm³/mol. The van der Waals surface area contributed by atoms with Crippen LogP contribution in [-0.4, -0.2) is 168 Å². The number of ether oxygens (including phenoxy) is 1. The highest BCUT2D eigenvalue weighted by molar-refractivity contribution is 5.99. The summed E-state index contributed by atoms with van der Waals surface area (Å²) in [4.78, 5) is 166. The van der Waals surface area contributed by atoms with E-state index in [1.807, 2.05) is 0 Å². The fourth-order valence-electron chi connectivity index (χ4n) is 7.02. The number of hydrogen-bond acceptors (Lipinski definition) is 16. The molecule has 398 valence electrons. The Hall–Kier alpha value is -7.98. The second kappa shape index (κ2) is 28.0. The highest BCUT2D eigenvalue weighted by Crippen LogP contribution is 2.22. The molecule has 0 aliphatic carbocycles. The van der Waals surface area contributed by atoms with Gasteiger partial charge in [0, 0.05) is 38.6 Å². The molecule has 1 aromatic rings. The molecule has 8 atom stereocenters. The first-order chi connectivity index (χ1) is 33.6. The summed E-state index contributed by atoms with van der Waals surface area (Å²) in [6.45, 7) is 9.63. The summed E-state index contributed by atoms with van der Waals surface area (Å²) in [5, 5.41) is 63.7. The Bertz CT molecular complexity index is 2190. The number of hydrogen-bond donors (Lipinski definition) is 11. The minimum Gasteiger partial charge on any atom is -0.481 e. The number of likely N-dealkylation sites (tertiary alicyclic amines) is 1. The average Bonchev–Trinajstić information content (AvgIpc) is 3.78. The van der Waals surface area contributed by atoms with Gasteiger partial charge in [-0.2, -0.15) is 0 Å². The number of nitro groups is 1. The van der Waals surface area contributed by atoms with Gasteiger partial charge in [0.25, 0.3) is 11.6 Å².